The van der Waals surface area contributed by atoms with Gasteiger partial charge in [-0.15, -0.1) is 0 Å². The van der Waals surface area contributed by atoms with Gasteiger partial charge < -0.3 is 0 Å². The summed E-state index contributed by atoms with van der Waals surface area (Å²) in [6.45, 7) is 8.22. The maximum absolute atomic E-state index is 10.4. The van der Waals surface area contributed by atoms with E-state index in [1.165, 1.54) is 22.3 Å². The van der Waals surface area contributed by atoms with Crippen LogP contribution in [0.4, 0.5) is 5.69 Å². The van der Waals surface area contributed by atoms with Crippen LogP contribution in [0, 0.1) is 27.7 Å². The maximum Gasteiger partial charge on any atom is 0.240 e. The molecule has 0 saturated carbocycles. The molecule has 0 atom stereocenters. The van der Waals surface area contributed by atoms with Gasteiger partial charge >= 0.3 is 0 Å². The van der Waals surface area contributed by atoms with Gasteiger partial charge in [0.1, 0.15) is 0 Å². The predicted molar refractivity (Wildman–Crippen MR) is 82.4 cm³/mol. The monoisotopic (exact) mass is 265 g/mol. The van der Waals surface area contributed by atoms with Crippen molar-refractivity contribution in [3.63, 3.8) is 0 Å². The van der Waals surface area contributed by atoms with Crippen molar-refractivity contribution < 1.29 is 4.79 Å². The third-order valence-corrected chi connectivity index (χ3v) is 3.60. The molecule has 2 rings (SSSR count). The summed E-state index contributed by atoms with van der Waals surface area (Å²) in [6.07, 6.45) is 2.53. The van der Waals surface area contributed by atoms with Gasteiger partial charge in [-0.05, 0) is 61.9 Å². The Kier molecular flexibility index (Phi) is 4.16. The fourth-order valence-electron chi connectivity index (χ4n) is 2.63. The van der Waals surface area contributed by atoms with Crippen molar-refractivity contribution in [3.8, 4) is 0 Å². The molecule has 0 heterocycles. The molecule has 0 bridgehead atoms. The average Bonchev–Trinajstić information content (AvgIpc) is 2.37. The highest BCUT2D eigenvalue weighted by Crippen LogP contribution is 2.26. The average molecular weight is 265 g/mol. The summed E-state index contributed by atoms with van der Waals surface area (Å²) >= 11 is 0. The number of aliphatic imine (C=N–C) groups is 1. The minimum Gasteiger partial charge on any atom is -0.211 e. The molecule has 0 unspecified atom stereocenters. The Labute approximate surface area is 120 Å². The van der Waals surface area contributed by atoms with E-state index in [1.807, 2.05) is 13.8 Å². The molecule has 2 aromatic rings. The van der Waals surface area contributed by atoms with Crippen molar-refractivity contribution in [2.24, 2.45) is 4.99 Å². The van der Waals surface area contributed by atoms with E-state index in [-0.39, 0.29) is 0 Å². The van der Waals surface area contributed by atoms with E-state index < -0.39 is 0 Å². The number of hydrogen-bond donors (Lipinski definition) is 0. The molecule has 0 aliphatic carbocycles. The van der Waals surface area contributed by atoms with Crippen LogP contribution in [0.5, 0.6) is 0 Å². The van der Waals surface area contributed by atoms with Crippen molar-refractivity contribution in [3.05, 3.63) is 63.7 Å². The van der Waals surface area contributed by atoms with E-state index in [0.29, 0.717) is 0 Å². The fourth-order valence-corrected chi connectivity index (χ4v) is 2.63. The van der Waals surface area contributed by atoms with Gasteiger partial charge in [-0.2, -0.15) is 4.99 Å². The molecule has 0 N–H and O–H groups in total. The number of carbonyl (C=O) groups excluding carboxylic acids is 1. The van der Waals surface area contributed by atoms with Crippen LogP contribution in [0.3, 0.4) is 0 Å². The summed E-state index contributed by atoms with van der Waals surface area (Å²) in [5.74, 6) is 0. The van der Waals surface area contributed by atoms with Crippen LogP contribution in [0.25, 0.3) is 0 Å². The Morgan fingerprint density at radius 2 is 1.60 bits per heavy atom. The number of nitrogens with zero attached hydrogens (tertiary/aromatic N) is 1. The standard InChI is InChI=1S/C18H19NO/c1-12-5-6-17(13(2)7-12)10-16-8-14(3)18(19-11-20)15(4)9-16/h5-9H,10H2,1-4H3. The SMILES string of the molecule is Cc1ccc(Cc2cc(C)c(N=C=O)c(C)c2)c(C)c1. The van der Waals surface area contributed by atoms with E-state index >= 15 is 0 Å². The van der Waals surface area contributed by atoms with E-state index in [4.69, 9.17) is 0 Å². The van der Waals surface area contributed by atoms with Gasteiger partial charge in [0.05, 0.1) is 5.69 Å². The normalized spacial score (nSPS) is 10.2. The molecule has 0 fully saturated rings. The summed E-state index contributed by atoms with van der Waals surface area (Å²) in [4.78, 5) is 14.2. The van der Waals surface area contributed by atoms with Crippen LogP contribution in [-0.2, 0) is 11.2 Å². The molecule has 0 aromatic heterocycles. The molecule has 0 amide bonds. The van der Waals surface area contributed by atoms with Gasteiger partial charge in [0, 0.05) is 0 Å². The van der Waals surface area contributed by atoms with Gasteiger partial charge in [0.25, 0.3) is 0 Å². The van der Waals surface area contributed by atoms with E-state index in [2.05, 4.69) is 49.2 Å². The minimum absolute atomic E-state index is 0.740. The second-order valence-corrected chi connectivity index (χ2v) is 5.39. The van der Waals surface area contributed by atoms with Crippen molar-refractivity contribution in [2.45, 2.75) is 34.1 Å². The Hall–Kier alpha value is -2.18. The van der Waals surface area contributed by atoms with Crippen LogP contribution >= 0.6 is 0 Å². The molecular weight excluding hydrogens is 246 g/mol. The second-order valence-electron chi connectivity index (χ2n) is 5.39. The first kappa shape index (κ1) is 14.2. The number of isocyanates is 1. The molecule has 102 valence electrons. The van der Waals surface area contributed by atoms with Crippen molar-refractivity contribution in [1.82, 2.24) is 0 Å². The highest BCUT2D eigenvalue weighted by molar-refractivity contribution is 5.59. The van der Waals surface area contributed by atoms with E-state index in [9.17, 15) is 4.79 Å². The topological polar surface area (TPSA) is 29.4 Å². The molecule has 20 heavy (non-hydrogen) atoms. The third kappa shape index (κ3) is 3.04. The smallest absolute Gasteiger partial charge is 0.211 e. The molecule has 0 aliphatic heterocycles. The summed E-state index contributed by atoms with van der Waals surface area (Å²) in [5, 5.41) is 0. The summed E-state index contributed by atoms with van der Waals surface area (Å²) in [7, 11) is 0. The molecule has 0 spiro atoms. The molecule has 2 heteroatoms. The fraction of sp³-hybridized carbons (Fsp3) is 0.278. The lowest BCUT2D eigenvalue weighted by atomic mass is 9.96. The highest BCUT2D eigenvalue weighted by Gasteiger charge is 2.06. The summed E-state index contributed by atoms with van der Waals surface area (Å²) in [5.41, 5.74) is 7.97. The van der Waals surface area contributed by atoms with Gasteiger partial charge in [0.2, 0.25) is 6.08 Å². The minimum atomic E-state index is 0.740. The molecular formula is C18H19NO. The van der Waals surface area contributed by atoms with Crippen molar-refractivity contribution in [2.75, 3.05) is 0 Å². The first-order valence-corrected chi connectivity index (χ1v) is 6.75. The number of aryl methyl sites for hydroxylation is 4. The Bertz CT molecular complexity index is 672. The summed E-state index contributed by atoms with van der Waals surface area (Å²) in [6, 6.07) is 10.7. The third-order valence-electron chi connectivity index (χ3n) is 3.60. The number of rotatable bonds is 3. The molecule has 0 aliphatic rings. The predicted octanol–water partition coefficient (Wildman–Crippen LogP) is 4.48. The zero-order chi connectivity index (χ0) is 14.7. The number of benzene rings is 2. The van der Waals surface area contributed by atoms with Gasteiger partial charge in [-0.25, -0.2) is 4.79 Å². The quantitative estimate of drug-likeness (QED) is 0.594. The maximum atomic E-state index is 10.4. The van der Waals surface area contributed by atoms with Crippen LogP contribution in [-0.4, -0.2) is 6.08 Å². The Balaban J connectivity index is 2.37. The zero-order valence-electron chi connectivity index (χ0n) is 12.4. The largest absolute Gasteiger partial charge is 0.240 e. The van der Waals surface area contributed by atoms with Crippen LogP contribution in [0.1, 0.15) is 33.4 Å². The Morgan fingerprint density at radius 3 is 2.15 bits per heavy atom. The highest BCUT2D eigenvalue weighted by atomic mass is 16.1. The first-order valence-electron chi connectivity index (χ1n) is 6.75. The molecule has 0 saturated heterocycles. The van der Waals surface area contributed by atoms with Gasteiger partial charge in [0.15, 0.2) is 0 Å². The molecule has 0 radical (unpaired) electrons. The van der Waals surface area contributed by atoms with Crippen molar-refractivity contribution >= 4 is 11.8 Å². The number of hydrogen-bond acceptors (Lipinski definition) is 2. The van der Waals surface area contributed by atoms with Crippen LogP contribution < -0.4 is 0 Å². The van der Waals surface area contributed by atoms with Crippen LogP contribution in [0.15, 0.2) is 35.3 Å². The Morgan fingerprint density at radius 1 is 0.950 bits per heavy atom. The molecule has 2 nitrogen and oxygen atoms in total. The van der Waals surface area contributed by atoms with Crippen LogP contribution in [0.2, 0.25) is 0 Å². The lowest BCUT2D eigenvalue weighted by Gasteiger charge is -2.10. The summed E-state index contributed by atoms with van der Waals surface area (Å²) < 4.78 is 0. The van der Waals surface area contributed by atoms with E-state index in [0.717, 1.165) is 23.2 Å². The van der Waals surface area contributed by atoms with Crippen molar-refractivity contribution in [1.29, 1.82) is 0 Å². The lowest BCUT2D eigenvalue weighted by Crippen LogP contribution is -1.94. The second kappa shape index (κ2) is 5.85. The van der Waals surface area contributed by atoms with Gasteiger partial charge in [-0.3, -0.25) is 0 Å². The first-order chi connectivity index (χ1) is 9.51. The molecule has 2 aromatic carbocycles. The zero-order valence-corrected chi connectivity index (χ0v) is 12.4. The van der Waals surface area contributed by atoms with E-state index in [1.54, 1.807) is 6.08 Å². The lowest BCUT2D eigenvalue weighted by molar-refractivity contribution is 0.565. The van der Waals surface area contributed by atoms with Gasteiger partial charge in [-0.1, -0.05) is 35.9 Å².